The van der Waals surface area contributed by atoms with Gasteiger partial charge in [-0.2, -0.15) is 0 Å². The van der Waals surface area contributed by atoms with Crippen molar-refractivity contribution in [2.45, 2.75) is 19.8 Å². The lowest BCUT2D eigenvalue weighted by Crippen LogP contribution is -2.40. The van der Waals surface area contributed by atoms with E-state index >= 15 is 0 Å². The number of ether oxygens (including phenoxy) is 1. The van der Waals surface area contributed by atoms with E-state index in [1.54, 1.807) is 18.3 Å². The number of hydrogen-bond donors (Lipinski definition) is 2. The van der Waals surface area contributed by atoms with Gasteiger partial charge in [-0.3, -0.25) is 4.79 Å². The van der Waals surface area contributed by atoms with Gasteiger partial charge >= 0.3 is 0 Å². The minimum atomic E-state index is -0.189. The van der Waals surface area contributed by atoms with Gasteiger partial charge in [0.2, 0.25) is 5.88 Å². The van der Waals surface area contributed by atoms with Crippen LogP contribution in [-0.4, -0.2) is 60.3 Å². The van der Waals surface area contributed by atoms with Crippen LogP contribution in [0.25, 0.3) is 0 Å². The summed E-state index contributed by atoms with van der Waals surface area (Å²) in [7, 11) is 0. The summed E-state index contributed by atoms with van der Waals surface area (Å²) in [4.78, 5) is 18.7. The smallest absolute Gasteiger partial charge is 0.256 e. The van der Waals surface area contributed by atoms with Gasteiger partial charge < -0.3 is 20.1 Å². The molecule has 1 aromatic rings. The molecular weight excluding hydrogens is 282 g/mol. The van der Waals surface area contributed by atoms with Gasteiger partial charge in [-0.05, 0) is 37.4 Å². The quantitative estimate of drug-likeness (QED) is 0.783. The Hall–Kier alpha value is -1.66. The monoisotopic (exact) mass is 307 g/mol. The number of nitrogens with one attached hydrogen (secondary N) is 1. The highest BCUT2D eigenvalue weighted by Gasteiger charge is 2.17. The molecule has 1 unspecified atom stereocenters. The molecule has 0 aliphatic carbocycles. The van der Waals surface area contributed by atoms with Gasteiger partial charge in [0.1, 0.15) is 12.2 Å². The average molecular weight is 307 g/mol. The third kappa shape index (κ3) is 4.96. The van der Waals surface area contributed by atoms with E-state index in [2.05, 4.69) is 22.1 Å². The summed E-state index contributed by atoms with van der Waals surface area (Å²) >= 11 is 0. The van der Waals surface area contributed by atoms with Crippen LogP contribution in [0.15, 0.2) is 18.3 Å². The molecule has 6 heteroatoms. The number of piperidine rings is 1. The largest absolute Gasteiger partial charge is 0.475 e. The molecule has 1 aliphatic rings. The van der Waals surface area contributed by atoms with Crippen LogP contribution in [0.4, 0.5) is 0 Å². The van der Waals surface area contributed by atoms with Crippen LogP contribution in [0.2, 0.25) is 0 Å². The fourth-order valence-corrected chi connectivity index (χ4v) is 2.73. The van der Waals surface area contributed by atoms with Crippen molar-refractivity contribution in [1.29, 1.82) is 0 Å². The standard InChI is InChI=1S/C16H25N3O3/c1-13-4-3-8-19(12-13)9-7-17-15(21)14-5-2-6-18-16(14)22-11-10-20/h2,5-6,13,20H,3-4,7-12H2,1H3,(H,17,21). The number of carbonyl (C=O) groups excluding carboxylic acids is 1. The second kappa shape index (κ2) is 8.70. The Morgan fingerprint density at radius 3 is 3.23 bits per heavy atom. The lowest BCUT2D eigenvalue weighted by atomic mass is 10.0. The van der Waals surface area contributed by atoms with Gasteiger partial charge in [-0.25, -0.2) is 4.98 Å². The van der Waals surface area contributed by atoms with Gasteiger partial charge in [-0.15, -0.1) is 0 Å². The Balaban J connectivity index is 1.81. The van der Waals surface area contributed by atoms with Crippen molar-refractivity contribution >= 4 is 5.91 Å². The number of aliphatic hydroxyl groups excluding tert-OH is 1. The van der Waals surface area contributed by atoms with Crippen molar-refractivity contribution in [1.82, 2.24) is 15.2 Å². The normalized spacial score (nSPS) is 18.9. The van der Waals surface area contributed by atoms with Gasteiger partial charge in [0.15, 0.2) is 0 Å². The molecule has 1 amide bonds. The van der Waals surface area contributed by atoms with Crippen molar-refractivity contribution in [2.75, 3.05) is 39.4 Å². The zero-order valence-electron chi connectivity index (χ0n) is 13.1. The number of aromatic nitrogens is 1. The summed E-state index contributed by atoms with van der Waals surface area (Å²) in [5.74, 6) is 0.813. The maximum absolute atomic E-state index is 12.2. The minimum absolute atomic E-state index is 0.106. The highest BCUT2D eigenvalue weighted by atomic mass is 16.5. The minimum Gasteiger partial charge on any atom is -0.475 e. The summed E-state index contributed by atoms with van der Waals surface area (Å²) in [6.07, 6.45) is 4.10. The Labute approximate surface area is 131 Å². The summed E-state index contributed by atoms with van der Waals surface area (Å²) < 4.78 is 5.29. The number of amides is 1. The number of pyridine rings is 1. The topological polar surface area (TPSA) is 74.7 Å². The molecule has 1 aromatic heterocycles. The maximum Gasteiger partial charge on any atom is 0.256 e. The van der Waals surface area contributed by atoms with Gasteiger partial charge in [0.25, 0.3) is 5.91 Å². The molecule has 0 radical (unpaired) electrons. The third-order valence-corrected chi connectivity index (χ3v) is 3.80. The van der Waals surface area contributed by atoms with Crippen LogP contribution in [0.5, 0.6) is 5.88 Å². The fraction of sp³-hybridized carbons (Fsp3) is 0.625. The van der Waals surface area contributed by atoms with Gasteiger partial charge in [-0.1, -0.05) is 6.92 Å². The summed E-state index contributed by atoms with van der Waals surface area (Å²) in [5.41, 5.74) is 0.406. The number of carbonyl (C=O) groups is 1. The van der Waals surface area contributed by atoms with E-state index in [-0.39, 0.29) is 25.0 Å². The van der Waals surface area contributed by atoms with E-state index in [1.165, 1.54) is 12.8 Å². The molecule has 1 fully saturated rings. The molecular formula is C16H25N3O3. The van der Waals surface area contributed by atoms with Crippen LogP contribution < -0.4 is 10.1 Å². The molecule has 2 heterocycles. The van der Waals surface area contributed by atoms with Gasteiger partial charge in [0, 0.05) is 25.8 Å². The van der Waals surface area contributed by atoms with E-state index < -0.39 is 0 Å². The lowest BCUT2D eigenvalue weighted by Gasteiger charge is -2.30. The fourth-order valence-electron chi connectivity index (χ4n) is 2.73. The van der Waals surface area contributed by atoms with E-state index in [1.807, 2.05) is 0 Å². The predicted octanol–water partition coefficient (Wildman–Crippen LogP) is 0.914. The van der Waals surface area contributed by atoms with Gasteiger partial charge in [0.05, 0.1) is 6.61 Å². The first-order chi connectivity index (χ1) is 10.7. The van der Waals surface area contributed by atoms with Crippen molar-refractivity contribution in [3.05, 3.63) is 23.9 Å². The van der Waals surface area contributed by atoms with E-state index in [4.69, 9.17) is 9.84 Å². The molecule has 0 spiro atoms. The zero-order valence-corrected chi connectivity index (χ0v) is 13.1. The molecule has 6 nitrogen and oxygen atoms in total. The zero-order chi connectivity index (χ0) is 15.8. The highest BCUT2D eigenvalue weighted by Crippen LogP contribution is 2.15. The van der Waals surface area contributed by atoms with Crippen LogP contribution >= 0.6 is 0 Å². The first kappa shape index (κ1) is 16.7. The molecule has 1 saturated heterocycles. The van der Waals surface area contributed by atoms with Crippen LogP contribution in [0.3, 0.4) is 0 Å². The molecule has 122 valence electrons. The van der Waals surface area contributed by atoms with Crippen LogP contribution in [-0.2, 0) is 0 Å². The molecule has 2 rings (SSSR count). The van der Waals surface area contributed by atoms with Crippen LogP contribution in [0, 0.1) is 5.92 Å². The van der Waals surface area contributed by atoms with Crippen molar-refractivity contribution in [2.24, 2.45) is 5.92 Å². The maximum atomic E-state index is 12.2. The van der Waals surface area contributed by atoms with Crippen molar-refractivity contribution < 1.29 is 14.6 Å². The first-order valence-corrected chi connectivity index (χ1v) is 7.90. The molecule has 2 N–H and O–H groups in total. The third-order valence-electron chi connectivity index (χ3n) is 3.80. The molecule has 22 heavy (non-hydrogen) atoms. The van der Waals surface area contributed by atoms with Crippen molar-refractivity contribution in [3.63, 3.8) is 0 Å². The number of aliphatic hydroxyl groups is 1. The Morgan fingerprint density at radius 1 is 1.59 bits per heavy atom. The summed E-state index contributed by atoms with van der Waals surface area (Å²) in [5, 5.41) is 11.7. The van der Waals surface area contributed by atoms with E-state index in [0.29, 0.717) is 12.1 Å². The molecule has 0 saturated carbocycles. The summed E-state index contributed by atoms with van der Waals surface area (Å²) in [6.45, 7) is 5.98. The number of rotatable bonds is 7. The number of nitrogens with zero attached hydrogens (tertiary/aromatic N) is 2. The molecule has 0 bridgehead atoms. The number of hydrogen-bond acceptors (Lipinski definition) is 5. The Kier molecular flexibility index (Phi) is 6.61. The van der Waals surface area contributed by atoms with Crippen molar-refractivity contribution in [3.8, 4) is 5.88 Å². The Morgan fingerprint density at radius 2 is 2.45 bits per heavy atom. The van der Waals surface area contributed by atoms with Crippen LogP contribution in [0.1, 0.15) is 30.1 Å². The predicted molar refractivity (Wildman–Crippen MR) is 84.0 cm³/mol. The van der Waals surface area contributed by atoms with E-state index in [0.717, 1.165) is 25.6 Å². The lowest BCUT2D eigenvalue weighted by molar-refractivity contribution is 0.0937. The van der Waals surface area contributed by atoms with E-state index in [9.17, 15) is 4.79 Å². The Bertz CT molecular complexity index is 481. The molecule has 1 atom stereocenters. The SMILES string of the molecule is CC1CCCN(CCNC(=O)c2cccnc2OCCO)C1. The first-order valence-electron chi connectivity index (χ1n) is 7.90. The second-order valence-electron chi connectivity index (χ2n) is 5.73. The number of likely N-dealkylation sites (tertiary alicyclic amines) is 1. The highest BCUT2D eigenvalue weighted by molar-refractivity contribution is 5.96. The second-order valence-corrected chi connectivity index (χ2v) is 5.73. The molecule has 1 aliphatic heterocycles. The molecule has 0 aromatic carbocycles. The summed E-state index contributed by atoms with van der Waals surface area (Å²) in [6, 6.07) is 3.38. The average Bonchev–Trinajstić information content (AvgIpc) is 2.53.